The number of amides is 1. The van der Waals surface area contributed by atoms with E-state index in [-0.39, 0.29) is 11.9 Å². The van der Waals surface area contributed by atoms with Gasteiger partial charge in [-0.2, -0.15) is 0 Å². The van der Waals surface area contributed by atoms with Crippen LogP contribution in [0, 0.1) is 0 Å². The number of morpholine rings is 1. The Morgan fingerprint density at radius 3 is 2.94 bits per heavy atom. The molecule has 2 saturated heterocycles. The molecule has 6 heteroatoms. The van der Waals surface area contributed by atoms with E-state index in [0.29, 0.717) is 32.6 Å². The molecule has 0 aromatic carbocycles. The molecule has 2 aliphatic heterocycles. The number of ether oxygens (including phenoxy) is 1. The summed E-state index contributed by atoms with van der Waals surface area (Å²) in [6.45, 7) is 2.51. The van der Waals surface area contributed by atoms with Crippen molar-refractivity contribution in [3.05, 3.63) is 0 Å². The molecule has 2 N–H and O–H groups in total. The smallest absolute Gasteiger partial charge is 0.326 e. The van der Waals surface area contributed by atoms with Crippen molar-refractivity contribution in [2.45, 2.75) is 31.3 Å². The van der Waals surface area contributed by atoms with E-state index in [9.17, 15) is 9.59 Å². The fraction of sp³-hybridized carbons (Fsp3) is 0.818. The largest absolute Gasteiger partial charge is 0.480 e. The van der Waals surface area contributed by atoms with Crippen molar-refractivity contribution < 1.29 is 19.4 Å². The zero-order valence-electron chi connectivity index (χ0n) is 9.72. The van der Waals surface area contributed by atoms with Crippen molar-refractivity contribution in [3.8, 4) is 0 Å². The first-order valence-corrected chi connectivity index (χ1v) is 6.02. The van der Waals surface area contributed by atoms with Crippen LogP contribution in [0.1, 0.15) is 19.3 Å². The molecule has 2 heterocycles. The van der Waals surface area contributed by atoms with Crippen LogP contribution in [0.15, 0.2) is 0 Å². The van der Waals surface area contributed by atoms with Crippen molar-refractivity contribution in [1.29, 1.82) is 0 Å². The standard InChI is InChI=1S/C11H18N2O4/c14-10(6-8-7-17-5-3-12-8)13-4-1-2-9(13)11(15)16/h8-9,12H,1-7H2,(H,15,16)/t8?,9-/m0/s1. The van der Waals surface area contributed by atoms with Gasteiger partial charge in [0.15, 0.2) is 0 Å². The van der Waals surface area contributed by atoms with Crippen molar-refractivity contribution in [2.24, 2.45) is 0 Å². The number of nitrogens with zero attached hydrogens (tertiary/aromatic N) is 1. The summed E-state index contributed by atoms with van der Waals surface area (Å²) in [6.07, 6.45) is 1.66. The minimum absolute atomic E-state index is 0.0197. The predicted molar refractivity (Wildman–Crippen MR) is 59.6 cm³/mol. The summed E-state index contributed by atoms with van der Waals surface area (Å²) in [5.41, 5.74) is 0. The Kier molecular flexibility index (Phi) is 3.96. The molecule has 6 nitrogen and oxygen atoms in total. The summed E-state index contributed by atoms with van der Waals surface area (Å²) in [5, 5.41) is 12.2. The second kappa shape index (κ2) is 5.46. The first kappa shape index (κ1) is 12.3. The van der Waals surface area contributed by atoms with Crippen LogP contribution in [0.5, 0.6) is 0 Å². The van der Waals surface area contributed by atoms with Crippen molar-refractivity contribution in [3.63, 3.8) is 0 Å². The lowest BCUT2D eigenvalue weighted by molar-refractivity contribution is -0.148. The molecular weight excluding hydrogens is 224 g/mol. The first-order valence-electron chi connectivity index (χ1n) is 6.02. The second-order valence-corrected chi connectivity index (χ2v) is 4.51. The Bertz CT molecular complexity index is 302. The van der Waals surface area contributed by atoms with Gasteiger partial charge < -0.3 is 20.1 Å². The number of carbonyl (C=O) groups excluding carboxylic acids is 1. The number of carboxylic acids is 1. The molecule has 0 aliphatic carbocycles. The molecule has 0 aromatic heterocycles. The van der Waals surface area contributed by atoms with E-state index in [0.717, 1.165) is 13.0 Å². The quantitative estimate of drug-likeness (QED) is 0.693. The predicted octanol–water partition coefficient (Wildman–Crippen LogP) is -0.559. The molecular formula is C11H18N2O4. The molecule has 96 valence electrons. The van der Waals surface area contributed by atoms with Crippen molar-refractivity contribution >= 4 is 11.9 Å². The van der Waals surface area contributed by atoms with E-state index in [4.69, 9.17) is 9.84 Å². The molecule has 0 aromatic rings. The van der Waals surface area contributed by atoms with Gasteiger partial charge in [-0.1, -0.05) is 0 Å². The van der Waals surface area contributed by atoms with Crippen molar-refractivity contribution in [2.75, 3.05) is 26.3 Å². The molecule has 2 rings (SSSR count). The number of aliphatic carboxylic acids is 1. The molecule has 0 saturated carbocycles. The molecule has 2 atom stereocenters. The van der Waals surface area contributed by atoms with Gasteiger partial charge in [0.05, 0.1) is 13.2 Å². The normalized spacial score (nSPS) is 29.3. The number of nitrogens with one attached hydrogen (secondary N) is 1. The average molecular weight is 242 g/mol. The third-order valence-electron chi connectivity index (χ3n) is 3.28. The van der Waals surface area contributed by atoms with E-state index in [1.807, 2.05) is 0 Å². The van der Waals surface area contributed by atoms with Crippen LogP contribution < -0.4 is 5.32 Å². The van der Waals surface area contributed by atoms with Crippen molar-refractivity contribution in [1.82, 2.24) is 10.2 Å². The van der Waals surface area contributed by atoms with Crippen LogP contribution in [0.25, 0.3) is 0 Å². The minimum atomic E-state index is -0.899. The Balaban J connectivity index is 1.88. The Morgan fingerprint density at radius 2 is 2.29 bits per heavy atom. The summed E-state index contributed by atoms with van der Waals surface area (Å²) in [4.78, 5) is 24.5. The lowest BCUT2D eigenvalue weighted by Crippen LogP contribution is -2.47. The van der Waals surface area contributed by atoms with Gasteiger partial charge in [0.2, 0.25) is 5.91 Å². The summed E-state index contributed by atoms with van der Waals surface area (Å²) < 4.78 is 5.27. The highest BCUT2D eigenvalue weighted by molar-refractivity contribution is 5.84. The van der Waals surface area contributed by atoms with Gasteiger partial charge >= 0.3 is 5.97 Å². The lowest BCUT2D eigenvalue weighted by Gasteiger charge is -2.27. The number of carbonyl (C=O) groups is 2. The molecule has 1 unspecified atom stereocenters. The minimum Gasteiger partial charge on any atom is -0.480 e. The number of carboxylic acid groups (broad SMARTS) is 1. The zero-order chi connectivity index (χ0) is 12.3. The van der Waals surface area contributed by atoms with E-state index in [2.05, 4.69) is 5.32 Å². The summed E-state index contributed by atoms with van der Waals surface area (Å²) in [7, 11) is 0. The Morgan fingerprint density at radius 1 is 1.47 bits per heavy atom. The SMILES string of the molecule is O=C(O)[C@@H]1CCCN1C(=O)CC1COCCN1. The van der Waals surface area contributed by atoms with Gasteiger partial charge in [-0.25, -0.2) is 4.79 Å². The fourth-order valence-electron chi connectivity index (χ4n) is 2.40. The highest BCUT2D eigenvalue weighted by Crippen LogP contribution is 2.19. The van der Waals surface area contributed by atoms with Crippen LogP contribution in [-0.4, -0.2) is 60.3 Å². The summed E-state index contributed by atoms with van der Waals surface area (Å²) in [5.74, 6) is -0.985. The maximum Gasteiger partial charge on any atom is 0.326 e. The topological polar surface area (TPSA) is 78.9 Å². The average Bonchev–Trinajstić information content (AvgIpc) is 2.79. The van der Waals surface area contributed by atoms with Crippen LogP contribution in [0.3, 0.4) is 0 Å². The molecule has 1 amide bonds. The third kappa shape index (κ3) is 2.95. The van der Waals surface area contributed by atoms with Gasteiger partial charge in [0.1, 0.15) is 6.04 Å². The lowest BCUT2D eigenvalue weighted by atomic mass is 10.1. The molecule has 0 radical (unpaired) electrons. The highest BCUT2D eigenvalue weighted by Gasteiger charge is 2.34. The van der Waals surface area contributed by atoms with E-state index in [1.54, 1.807) is 0 Å². The van der Waals surface area contributed by atoms with Crippen LogP contribution in [-0.2, 0) is 14.3 Å². The number of hydrogen-bond donors (Lipinski definition) is 2. The monoisotopic (exact) mass is 242 g/mol. The van der Waals surface area contributed by atoms with E-state index < -0.39 is 12.0 Å². The molecule has 2 aliphatic rings. The molecule has 0 bridgehead atoms. The Hall–Kier alpha value is -1.14. The highest BCUT2D eigenvalue weighted by atomic mass is 16.5. The van der Waals surface area contributed by atoms with E-state index >= 15 is 0 Å². The van der Waals surface area contributed by atoms with E-state index in [1.165, 1.54) is 4.90 Å². The summed E-state index contributed by atoms with van der Waals surface area (Å²) in [6, 6.07) is -0.613. The maximum atomic E-state index is 12.0. The number of hydrogen-bond acceptors (Lipinski definition) is 4. The van der Waals surface area contributed by atoms with Gasteiger partial charge in [-0.15, -0.1) is 0 Å². The first-order chi connectivity index (χ1) is 8.18. The van der Waals surface area contributed by atoms with Gasteiger partial charge in [-0.05, 0) is 12.8 Å². The summed E-state index contributed by atoms with van der Waals surface area (Å²) >= 11 is 0. The number of rotatable bonds is 3. The zero-order valence-corrected chi connectivity index (χ0v) is 9.72. The van der Waals surface area contributed by atoms with Crippen LogP contribution in [0.2, 0.25) is 0 Å². The third-order valence-corrected chi connectivity index (χ3v) is 3.28. The van der Waals surface area contributed by atoms with Crippen LogP contribution >= 0.6 is 0 Å². The maximum absolute atomic E-state index is 12.0. The fourth-order valence-corrected chi connectivity index (χ4v) is 2.40. The second-order valence-electron chi connectivity index (χ2n) is 4.51. The van der Waals surface area contributed by atoms with Gasteiger partial charge in [0.25, 0.3) is 0 Å². The van der Waals surface area contributed by atoms with Gasteiger partial charge in [0, 0.05) is 25.6 Å². The molecule has 17 heavy (non-hydrogen) atoms. The Labute approximate surface area is 99.9 Å². The number of likely N-dealkylation sites (tertiary alicyclic amines) is 1. The van der Waals surface area contributed by atoms with Gasteiger partial charge in [-0.3, -0.25) is 4.79 Å². The molecule has 2 fully saturated rings. The van der Waals surface area contributed by atoms with Crippen LogP contribution in [0.4, 0.5) is 0 Å². The molecule has 0 spiro atoms.